The van der Waals surface area contributed by atoms with Gasteiger partial charge in [-0.1, -0.05) is 38.1 Å². The minimum atomic E-state index is -0.340. The zero-order chi connectivity index (χ0) is 20.3. The van der Waals surface area contributed by atoms with Gasteiger partial charge < -0.3 is 16.4 Å². The lowest BCUT2D eigenvalue weighted by atomic mass is 10.0. The maximum Gasteiger partial charge on any atom is 0.243 e. The number of carbonyl (C=O) groups excluding carboxylic acids is 2. The van der Waals surface area contributed by atoms with Crippen molar-refractivity contribution < 1.29 is 9.59 Å². The van der Waals surface area contributed by atoms with E-state index in [4.69, 9.17) is 0 Å². The molecule has 0 radical (unpaired) electrons. The Kier molecular flexibility index (Phi) is 7.93. The van der Waals surface area contributed by atoms with Gasteiger partial charge in [0, 0.05) is 13.0 Å². The molecule has 2 heterocycles. The highest BCUT2D eigenvalue weighted by molar-refractivity contribution is 7.13. The van der Waals surface area contributed by atoms with Gasteiger partial charge in [0.05, 0.1) is 22.1 Å². The number of carbonyl (C=O) groups is 2. The molecule has 0 aliphatic carbocycles. The minimum Gasteiger partial charge on any atom is -0.348 e. The van der Waals surface area contributed by atoms with Crippen LogP contribution >= 0.6 is 11.3 Å². The van der Waals surface area contributed by atoms with E-state index >= 15 is 0 Å². The highest BCUT2D eigenvalue weighted by Gasteiger charge is 2.34. The quantitative estimate of drug-likeness (QED) is 0.725. The predicted molar refractivity (Wildman–Crippen MR) is 118 cm³/mol. The van der Waals surface area contributed by atoms with Crippen LogP contribution in [0.2, 0.25) is 0 Å². The first-order chi connectivity index (χ1) is 13.4. The van der Waals surface area contributed by atoms with Crippen molar-refractivity contribution in [2.45, 2.75) is 59.0 Å². The van der Waals surface area contributed by atoms with Gasteiger partial charge in [0.2, 0.25) is 11.8 Å². The maximum atomic E-state index is 12.8. The molecule has 158 valence electrons. The molecule has 1 saturated heterocycles. The number of hydrogen-bond acceptors (Lipinski definition) is 5. The van der Waals surface area contributed by atoms with E-state index in [1.165, 1.54) is 4.88 Å². The number of rotatable bonds is 6. The molecule has 1 aromatic carbocycles. The SMILES string of the molecule is Cc1ncsc1-c1ccc(C(C)NC(=O)C2CCCN2C(=O)CC(C)C)cc1.N. The summed E-state index contributed by atoms with van der Waals surface area (Å²) < 4.78 is 0. The Morgan fingerprint density at radius 3 is 2.52 bits per heavy atom. The van der Waals surface area contributed by atoms with Crippen LogP contribution in [0.1, 0.15) is 57.3 Å². The molecule has 0 spiro atoms. The van der Waals surface area contributed by atoms with Crippen molar-refractivity contribution in [1.82, 2.24) is 21.4 Å². The molecule has 1 fully saturated rings. The summed E-state index contributed by atoms with van der Waals surface area (Å²) in [5, 5.41) is 3.10. The Morgan fingerprint density at radius 1 is 1.24 bits per heavy atom. The Morgan fingerprint density at radius 2 is 1.93 bits per heavy atom. The first-order valence-corrected chi connectivity index (χ1v) is 10.8. The van der Waals surface area contributed by atoms with Crippen molar-refractivity contribution in [1.29, 1.82) is 0 Å². The van der Waals surface area contributed by atoms with Gasteiger partial charge in [0.1, 0.15) is 6.04 Å². The minimum absolute atomic E-state index is 0. The molecule has 2 unspecified atom stereocenters. The van der Waals surface area contributed by atoms with Crippen molar-refractivity contribution in [3.05, 3.63) is 41.0 Å². The normalized spacial score (nSPS) is 17.1. The second kappa shape index (κ2) is 9.98. The Hall–Kier alpha value is -2.25. The van der Waals surface area contributed by atoms with Crippen molar-refractivity contribution in [2.75, 3.05) is 6.54 Å². The topological polar surface area (TPSA) is 97.3 Å². The summed E-state index contributed by atoms with van der Waals surface area (Å²) in [4.78, 5) is 32.5. The van der Waals surface area contributed by atoms with Crippen molar-refractivity contribution in [3.8, 4) is 10.4 Å². The van der Waals surface area contributed by atoms with E-state index in [2.05, 4.69) is 34.6 Å². The number of likely N-dealkylation sites (tertiary alicyclic amines) is 1. The average molecular weight is 417 g/mol. The summed E-state index contributed by atoms with van der Waals surface area (Å²) in [5.41, 5.74) is 5.09. The zero-order valence-corrected chi connectivity index (χ0v) is 18.6. The van der Waals surface area contributed by atoms with Crippen LogP contribution < -0.4 is 11.5 Å². The van der Waals surface area contributed by atoms with E-state index in [9.17, 15) is 9.59 Å². The van der Waals surface area contributed by atoms with Crippen LogP contribution in [0.15, 0.2) is 29.8 Å². The molecule has 2 amide bonds. The fourth-order valence-electron chi connectivity index (χ4n) is 3.70. The summed E-state index contributed by atoms with van der Waals surface area (Å²) in [6.07, 6.45) is 2.13. The van der Waals surface area contributed by atoms with E-state index in [0.717, 1.165) is 29.7 Å². The highest BCUT2D eigenvalue weighted by Crippen LogP contribution is 2.28. The number of benzene rings is 1. The van der Waals surface area contributed by atoms with Crippen LogP contribution in [-0.2, 0) is 9.59 Å². The third-order valence-electron chi connectivity index (χ3n) is 5.24. The lowest BCUT2D eigenvalue weighted by Gasteiger charge is -2.26. The molecular formula is C22H32N4O2S. The molecule has 3 rings (SSSR count). The summed E-state index contributed by atoms with van der Waals surface area (Å²) >= 11 is 1.63. The Bertz CT molecular complexity index is 832. The standard InChI is InChI=1S/C22H29N3O2S.H3N/c1-14(2)12-20(26)25-11-5-6-19(25)22(27)24-15(3)17-7-9-18(10-8-17)21-16(4)23-13-28-21;/h7-10,13-15,19H,5-6,11-12H2,1-4H3,(H,24,27);1H3. The second-order valence-corrected chi connectivity index (χ2v) is 8.82. The van der Waals surface area contributed by atoms with Crippen LogP contribution in [0.25, 0.3) is 10.4 Å². The van der Waals surface area contributed by atoms with Gasteiger partial charge in [-0.3, -0.25) is 9.59 Å². The molecule has 0 bridgehead atoms. The number of aromatic nitrogens is 1. The van der Waals surface area contributed by atoms with Gasteiger partial charge in [-0.25, -0.2) is 4.98 Å². The molecule has 1 aromatic heterocycles. The van der Waals surface area contributed by atoms with Crippen molar-refractivity contribution in [2.24, 2.45) is 5.92 Å². The number of nitrogens with one attached hydrogen (secondary N) is 1. The van der Waals surface area contributed by atoms with Gasteiger partial charge in [-0.2, -0.15) is 0 Å². The average Bonchev–Trinajstić information content (AvgIpc) is 3.30. The highest BCUT2D eigenvalue weighted by atomic mass is 32.1. The molecule has 1 aliphatic rings. The van der Waals surface area contributed by atoms with Crippen molar-refractivity contribution in [3.63, 3.8) is 0 Å². The van der Waals surface area contributed by atoms with Gasteiger partial charge in [0.15, 0.2) is 0 Å². The van der Waals surface area contributed by atoms with Gasteiger partial charge in [-0.05, 0) is 43.7 Å². The van der Waals surface area contributed by atoms with Gasteiger partial charge in [0.25, 0.3) is 0 Å². The molecule has 4 N–H and O–H groups in total. The molecule has 2 atom stereocenters. The number of amides is 2. The lowest BCUT2D eigenvalue weighted by Crippen LogP contribution is -2.46. The molecule has 2 aromatic rings. The van der Waals surface area contributed by atoms with Gasteiger partial charge in [-0.15, -0.1) is 11.3 Å². The first-order valence-electron chi connectivity index (χ1n) is 9.97. The van der Waals surface area contributed by atoms with E-state index < -0.39 is 0 Å². The Labute approximate surface area is 177 Å². The molecular weight excluding hydrogens is 384 g/mol. The summed E-state index contributed by atoms with van der Waals surface area (Å²) in [5.74, 6) is 0.338. The van der Waals surface area contributed by atoms with E-state index in [1.54, 1.807) is 16.2 Å². The number of aryl methyl sites for hydroxylation is 1. The summed E-state index contributed by atoms with van der Waals surface area (Å²) in [6.45, 7) is 8.74. The third kappa shape index (κ3) is 5.42. The summed E-state index contributed by atoms with van der Waals surface area (Å²) in [7, 11) is 0. The zero-order valence-electron chi connectivity index (χ0n) is 17.8. The molecule has 6 nitrogen and oxygen atoms in total. The molecule has 0 saturated carbocycles. The van der Waals surface area contributed by atoms with Crippen LogP contribution in [-0.4, -0.2) is 34.3 Å². The lowest BCUT2D eigenvalue weighted by molar-refractivity contribution is -0.139. The van der Waals surface area contributed by atoms with Crippen LogP contribution in [0.5, 0.6) is 0 Å². The number of nitrogens with zero attached hydrogens (tertiary/aromatic N) is 2. The van der Waals surface area contributed by atoms with Crippen LogP contribution in [0.4, 0.5) is 0 Å². The number of thiazole rings is 1. The van der Waals surface area contributed by atoms with Crippen LogP contribution in [0.3, 0.4) is 0 Å². The van der Waals surface area contributed by atoms with E-state index in [0.29, 0.717) is 18.9 Å². The van der Waals surface area contributed by atoms with Crippen molar-refractivity contribution >= 4 is 23.2 Å². The second-order valence-electron chi connectivity index (χ2n) is 7.96. The first kappa shape index (κ1) is 23.0. The molecule has 1 aliphatic heterocycles. The van der Waals surface area contributed by atoms with E-state index in [-0.39, 0.29) is 30.0 Å². The van der Waals surface area contributed by atoms with E-state index in [1.807, 2.05) is 33.2 Å². The molecule has 29 heavy (non-hydrogen) atoms. The maximum absolute atomic E-state index is 12.8. The summed E-state index contributed by atoms with van der Waals surface area (Å²) in [6, 6.07) is 7.81. The monoisotopic (exact) mass is 416 g/mol. The predicted octanol–water partition coefficient (Wildman–Crippen LogP) is 4.49. The number of hydrogen-bond donors (Lipinski definition) is 2. The fourth-order valence-corrected chi connectivity index (χ4v) is 4.51. The fraction of sp³-hybridized carbons (Fsp3) is 0.500. The smallest absolute Gasteiger partial charge is 0.243 e. The molecule has 7 heteroatoms. The third-order valence-corrected chi connectivity index (χ3v) is 6.21. The van der Waals surface area contributed by atoms with Gasteiger partial charge >= 0.3 is 0 Å². The van der Waals surface area contributed by atoms with Crippen LogP contribution in [0, 0.1) is 12.8 Å². The Balaban J connectivity index is 0.00000300. The largest absolute Gasteiger partial charge is 0.348 e.